The Hall–Kier alpha value is -3.21. The molecule has 0 fully saturated rings. The van der Waals surface area contributed by atoms with E-state index in [1.54, 1.807) is 7.11 Å². The second kappa shape index (κ2) is 10.3. The summed E-state index contributed by atoms with van der Waals surface area (Å²) in [6, 6.07) is 29.5. The number of nitrogens with one attached hydrogen (secondary N) is 1. The minimum atomic E-state index is 0.158. The predicted octanol–water partition coefficient (Wildman–Crippen LogP) is 9.18. The van der Waals surface area contributed by atoms with Gasteiger partial charge in [-0.1, -0.05) is 72.3 Å². The van der Waals surface area contributed by atoms with Crippen LogP contribution in [-0.2, 0) is 6.61 Å². The monoisotopic (exact) mass is 571 g/mol. The first-order valence-electron chi connectivity index (χ1n) is 12.5. The normalized spacial score (nSPS) is 19.6. The molecule has 0 amide bonds. The van der Waals surface area contributed by atoms with Crippen molar-refractivity contribution in [2.45, 2.75) is 25.0 Å². The largest absolute Gasteiger partial charge is 0.493 e. The molecule has 0 radical (unpaired) electrons. The Morgan fingerprint density at radius 1 is 0.946 bits per heavy atom. The topological polar surface area (TPSA) is 30.5 Å². The van der Waals surface area contributed by atoms with Gasteiger partial charge in [0, 0.05) is 16.6 Å². The Balaban J connectivity index is 1.30. The fourth-order valence-corrected chi connectivity index (χ4v) is 6.23. The second-order valence-electron chi connectivity index (χ2n) is 9.59. The zero-order chi connectivity index (χ0) is 25.4. The highest BCUT2D eigenvalue weighted by atomic mass is 79.9. The molecule has 186 valence electrons. The molecule has 0 saturated carbocycles. The number of anilines is 1. The summed E-state index contributed by atoms with van der Waals surface area (Å²) in [5.74, 6) is 2.21. The number of rotatable bonds is 6. The van der Waals surface area contributed by atoms with E-state index in [0.717, 1.165) is 16.5 Å². The standard InChI is InChI=1S/C32H27BrClNO2/c1-36-30-18-23(17-28(33)32(30)37-19-20-10-13-24(34)14-11-20)31-26-9-5-8-25(26)27-16-22(12-15-29(27)35-31)21-6-3-2-4-7-21/h2-8,10-18,25-26,31,35H,9,19H2,1H3/t25-,26-,31-/m0/s1. The van der Waals surface area contributed by atoms with Gasteiger partial charge in [-0.2, -0.15) is 0 Å². The first kappa shape index (κ1) is 24.1. The summed E-state index contributed by atoms with van der Waals surface area (Å²) in [6.45, 7) is 0.429. The van der Waals surface area contributed by atoms with Gasteiger partial charge in [0.2, 0.25) is 0 Å². The van der Waals surface area contributed by atoms with Crippen LogP contribution in [0.1, 0.15) is 35.1 Å². The Morgan fingerprint density at radius 3 is 2.54 bits per heavy atom. The van der Waals surface area contributed by atoms with E-state index in [2.05, 4.69) is 94.1 Å². The first-order chi connectivity index (χ1) is 18.1. The number of methoxy groups -OCH3 is 1. The molecule has 0 saturated heterocycles. The first-order valence-corrected chi connectivity index (χ1v) is 13.6. The lowest BCUT2D eigenvalue weighted by Gasteiger charge is -2.38. The third-order valence-electron chi connectivity index (χ3n) is 7.38. The number of benzene rings is 4. The average molecular weight is 573 g/mol. The van der Waals surface area contributed by atoms with Crippen molar-refractivity contribution < 1.29 is 9.47 Å². The van der Waals surface area contributed by atoms with E-state index in [1.165, 1.54) is 27.9 Å². The third kappa shape index (κ3) is 4.76. The summed E-state index contributed by atoms with van der Waals surface area (Å²) in [6.07, 6.45) is 5.73. The van der Waals surface area contributed by atoms with Gasteiger partial charge in [-0.3, -0.25) is 0 Å². The average Bonchev–Trinajstić information content (AvgIpc) is 3.43. The zero-order valence-corrected chi connectivity index (χ0v) is 22.8. The van der Waals surface area contributed by atoms with Crippen molar-refractivity contribution >= 4 is 33.2 Å². The van der Waals surface area contributed by atoms with Gasteiger partial charge in [0.25, 0.3) is 0 Å². The summed E-state index contributed by atoms with van der Waals surface area (Å²) in [5.41, 5.74) is 7.28. The van der Waals surface area contributed by atoms with E-state index in [0.29, 0.717) is 35.0 Å². The molecule has 3 atom stereocenters. The molecule has 37 heavy (non-hydrogen) atoms. The minimum absolute atomic E-state index is 0.158. The molecule has 4 aromatic carbocycles. The van der Waals surface area contributed by atoms with E-state index in [9.17, 15) is 0 Å². The van der Waals surface area contributed by atoms with Gasteiger partial charge < -0.3 is 14.8 Å². The van der Waals surface area contributed by atoms with E-state index >= 15 is 0 Å². The van der Waals surface area contributed by atoms with Crippen molar-refractivity contribution in [3.05, 3.63) is 123 Å². The number of ether oxygens (including phenoxy) is 2. The van der Waals surface area contributed by atoms with Gasteiger partial charge in [-0.15, -0.1) is 0 Å². The summed E-state index contributed by atoms with van der Waals surface area (Å²) in [4.78, 5) is 0. The van der Waals surface area contributed by atoms with Gasteiger partial charge in [0.05, 0.1) is 17.6 Å². The summed E-state index contributed by atoms with van der Waals surface area (Å²) in [5, 5.41) is 4.57. The maximum absolute atomic E-state index is 6.18. The number of allylic oxidation sites excluding steroid dienone is 2. The predicted molar refractivity (Wildman–Crippen MR) is 155 cm³/mol. The minimum Gasteiger partial charge on any atom is -0.493 e. The maximum atomic E-state index is 6.18. The van der Waals surface area contributed by atoms with Crippen molar-refractivity contribution in [3.8, 4) is 22.6 Å². The van der Waals surface area contributed by atoms with Crippen LogP contribution in [0.15, 0.2) is 102 Å². The van der Waals surface area contributed by atoms with Crippen LogP contribution in [0, 0.1) is 5.92 Å². The fourth-order valence-electron chi connectivity index (χ4n) is 5.53. The Labute approximate surface area is 231 Å². The number of fused-ring (bicyclic) bond motifs is 3. The lowest BCUT2D eigenvalue weighted by Crippen LogP contribution is -2.29. The highest BCUT2D eigenvalue weighted by Gasteiger charge is 2.38. The van der Waals surface area contributed by atoms with Crippen LogP contribution in [0.4, 0.5) is 5.69 Å². The Morgan fingerprint density at radius 2 is 1.76 bits per heavy atom. The molecule has 1 aliphatic heterocycles. The van der Waals surface area contributed by atoms with E-state index in [-0.39, 0.29) is 6.04 Å². The summed E-state index contributed by atoms with van der Waals surface area (Å²) in [7, 11) is 1.69. The fraction of sp³-hybridized carbons (Fsp3) is 0.188. The SMILES string of the molecule is COc1cc([C@@H]2Nc3ccc(-c4ccccc4)cc3[C@H]3C=CC[C@@H]32)cc(Br)c1OCc1ccc(Cl)cc1. The van der Waals surface area contributed by atoms with Gasteiger partial charge in [0.1, 0.15) is 6.61 Å². The van der Waals surface area contributed by atoms with Crippen molar-refractivity contribution in [3.63, 3.8) is 0 Å². The molecule has 1 aliphatic carbocycles. The molecular weight excluding hydrogens is 546 g/mol. The van der Waals surface area contributed by atoms with Crippen molar-refractivity contribution in [2.24, 2.45) is 5.92 Å². The van der Waals surface area contributed by atoms with Crippen LogP contribution in [0.2, 0.25) is 5.02 Å². The van der Waals surface area contributed by atoms with E-state index in [4.69, 9.17) is 21.1 Å². The van der Waals surface area contributed by atoms with E-state index < -0.39 is 0 Å². The van der Waals surface area contributed by atoms with Gasteiger partial charge in [-0.05, 0) is 92.5 Å². The smallest absolute Gasteiger partial charge is 0.175 e. The van der Waals surface area contributed by atoms with Crippen LogP contribution in [0.25, 0.3) is 11.1 Å². The molecule has 6 rings (SSSR count). The molecule has 5 heteroatoms. The van der Waals surface area contributed by atoms with Crippen LogP contribution in [0.5, 0.6) is 11.5 Å². The Kier molecular flexibility index (Phi) is 6.71. The van der Waals surface area contributed by atoms with Crippen LogP contribution >= 0.6 is 27.5 Å². The third-order valence-corrected chi connectivity index (χ3v) is 8.22. The molecule has 0 unspecified atom stereocenters. The highest BCUT2D eigenvalue weighted by molar-refractivity contribution is 9.10. The second-order valence-corrected chi connectivity index (χ2v) is 10.9. The molecule has 1 heterocycles. The van der Waals surface area contributed by atoms with E-state index in [1.807, 2.05) is 24.3 Å². The van der Waals surface area contributed by atoms with Crippen LogP contribution in [-0.4, -0.2) is 7.11 Å². The number of halogens is 2. The van der Waals surface area contributed by atoms with Crippen LogP contribution < -0.4 is 14.8 Å². The molecule has 0 aromatic heterocycles. The molecule has 0 spiro atoms. The van der Waals surface area contributed by atoms with Gasteiger partial charge in [0.15, 0.2) is 11.5 Å². The summed E-state index contributed by atoms with van der Waals surface area (Å²) < 4.78 is 12.8. The molecule has 2 aliphatic rings. The van der Waals surface area contributed by atoms with Crippen molar-refractivity contribution in [1.29, 1.82) is 0 Å². The zero-order valence-electron chi connectivity index (χ0n) is 20.5. The number of hydrogen-bond donors (Lipinski definition) is 1. The lowest BCUT2D eigenvalue weighted by atomic mass is 9.76. The quantitative estimate of drug-likeness (QED) is 0.234. The Bertz CT molecular complexity index is 1450. The molecule has 1 N–H and O–H groups in total. The van der Waals surface area contributed by atoms with Crippen molar-refractivity contribution in [2.75, 3.05) is 12.4 Å². The van der Waals surface area contributed by atoms with Gasteiger partial charge in [-0.25, -0.2) is 0 Å². The number of hydrogen-bond acceptors (Lipinski definition) is 3. The molecule has 3 nitrogen and oxygen atoms in total. The van der Waals surface area contributed by atoms with Crippen LogP contribution in [0.3, 0.4) is 0 Å². The van der Waals surface area contributed by atoms with Crippen molar-refractivity contribution in [1.82, 2.24) is 0 Å². The molecular formula is C32H27BrClNO2. The summed E-state index contributed by atoms with van der Waals surface area (Å²) >= 11 is 9.78. The molecule has 0 bridgehead atoms. The maximum Gasteiger partial charge on any atom is 0.175 e. The van der Waals surface area contributed by atoms with Gasteiger partial charge >= 0.3 is 0 Å². The highest BCUT2D eigenvalue weighted by Crippen LogP contribution is 2.52. The lowest BCUT2D eigenvalue weighted by molar-refractivity contribution is 0.282. The molecule has 4 aromatic rings.